The number of aryl methyl sites for hydroxylation is 2. The van der Waals surface area contributed by atoms with Gasteiger partial charge in [0.05, 0.1) is 23.4 Å². The second kappa shape index (κ2) is 8.25. The lowest BCUT2D eigenvalue weighted by Crippen LogP contribution is -2.42. The van der Waals surface area contributed by atoms with E-state index in [9.17, 15) is 4.79 Å². The first-order valence-corrected chi connectivity index (χ1v) is 10.9. The van der Waals surface area contributed by atoms with Gasteiger partial charge in [-0.05, 0) is 44.2 Å². The summed E-state index contributed by atoms with van der Waals surface area (Å²) >= 11 is 1.67. The first kappa shape index (κ1) is 18.8. The topological polar surface area (TPSA) is 45.7 Å². The first-order valence-electron chi connectivity index (χ1n) is 10.1. The number of thiazole rings is 1. The fraction of sp³-hybridized carbons (Fsp3) is 0.619. The van der Waals surface area contributed by atoms with Crippen LogP contribution in [-0.2, 0) is 9.53 Å². The zero-order valence-corrected chi connectivity index (χ0v) is 17.2. The van der Waals surface area contributed by atoms with Crippen LogP contribution in [0.4, 0.5) is 5.13 Å². The van der Waals surface area contributed by atoms with Crippen molar-refractivity contribution in [1.29, 1.82) is 0 Å². The van der Waals surface area contributed by atoms with E-state index in [0.29, 0.717) is 0 Å². The molecule has 0 bridgehead atoms. The van der Waals surface area contributed by atoms with Gasteiger partial charge in [-0.3, -0.25) is 14.6 Å². The number of amides is 1. The van der Waals surface area contributed by atoms with Crippen molar-refractivity contribution in [3.63, 3.8) is 0 Å². The molecule has 1 aromatic carbocycles. The van der Waals surface area contributed by atoms with Crippen LogP contribution in [0, 0.1) is 19.8 Å². The Kier molecular flexibility index (Phi) is 5.76. The molecule has 1 amide bonds. The predicted molar refractivity (Wildman–Crippen MR) is 111 cm³/mol. The molecule has 1 saturated heterocycles. The van der Waals surface area contributed by atoms with Crippen LogP contribution in [0.15, 0.2) is 12.1 Å². The second-order valence-electron chi connectivity index (χ2n) is 7.80. The third kappa shape index (κ3) is 4.03. The Balaban J connectivity index is 1.53. The Bertz CT molecular complexity index is 770. The van der Waals surface area contributed by atoms with E-state index in [1.807, 2.05) is 4.90 Å². The van der Waals surface area contributed by atoms with Gasteiger partial charge in [-0.25, -0.2) is 4.98 Å². The summed E-state index contributed by atoms with van der Waals surface area (Å²) < 4.78 is 6.64. The molecule has 0 unspecified atom stereocenters. The highest BCUT2D eigenvalue weighted by Crippen LogP contribution is 2.36. The average molecular weight is 388 g/mol. The van der Waals surface area contributed by atoms with Gasteiger partial charge >= 0.3 is 0 Å². The lowest BCUT2D eigenvalue weighted by atomic mass is 9.84. The van der Waals surface area contributed by atoms with Crippen LogP contribution in [0.3, 0.4) is 0 Å². The van der Waals surface area contributed by atoms with Crippen molar-refractivity contribution in [3.05, 3.63) is 23.3 Å². The summed E-state index contributed by atoms with van der Waals surface area (Å²) in [5.74, 6) is 0.472. The Morgan fingerprint density at radius 1 is 1.26 bits per heavy atom. The van der Waals surface area contributed by atoms with Crippen molar-refractivity contribution in [2.45, 2.75) is 39.5 Å². The highest BCUT2D eigenvalue weighted by molar-refractivity contribution is 7.22. The molecule has 1 saturated carbocycles. The summed E-state index contributed by atoms with van der Waals surface area (Å²) in [6.07, 6.45) is 4.21. The number of nitrogens with zero attached hydrogens (tertiary/aromatic N) is 3. The van der Waals surface area contributed by atoms with Gasteiger partial charge in [0.15, 0.2) is 5.13 Å². The molecule has 2 aliphatic rings. The Morgan fingerprint density at radius 3 is 2.67 bits per heavy atom. The molecular formula is C21H29N3O2S. The van der Waals surface area contributed by atoms with E-state index in [4.69, 9.17) is 9.72 Å². The summed E-state index contributed by atoms with van der Waals surface area (Å²) in [6, 6.07) is 4.27. The van der Waals surface area contributed by atoms with E-state index in [1.54, 1.807) is 11.3 Å². The van der Waals surface area contributed by atoms with Crippen molar-refractivity contribution < 1.29 is 9.53 Å². The minimum absolute atomic E-state index is 0.197. The van der Waals surface area contributed by atoms with Gasteiger partial charge in [-0.2, -0.15) is 0 Å². The van der Waals surface area contributed by atoms with Crippen LogP contribution in [0.2, 0.25) is 0 Å². The van der Waals surface area contributed by atoms with Gasteiger partial charge in [-0.15, -0.1) is 0 Å². The van der Waals surface area contributed by atoms with Crippen molar-refractivity contribution in [2.24, 2.45) is 5.92 Å². The molecule has 0 atom stereocenters. The van der Waals surface area contributed by atoms with Gasteiger partial charge in [0.1, 0.15) is 0 Å². The van der Waals surface area contributed by atoms with Gasteiger partial charge in [0, 0.05) is 32.1 Å². The summed E-state index contributed by atoms with van der Waals surface area (Å²) in [4.78, 5) is 22.4. The van der Waals surface area contributed by atoms with Crippen LogP contribution >= 0.6 is 11.3 Å². The molecule has 4 rings (SSSR count). The fourth-order valence-corrected chi connectivity index (χ4v) is 4.96. The molecule has 0 N–H and O–H groups in total. The molecule has 0 spiro atoms. The predicted octanol–water partition coefficient (Wildman–Crippen LogP) is 3.77. The number of anilines is 1. The first-order chi connectivity index (χ1) is 13.1. The number of ether oxygens (including phenoxy) is 1. The van der Waals surface area contributed by atoms with Gasteiger partial charge in [0.2, 0.25) is 5.91 Å². The molecule has 0 radical (unpaired) electrons. The number of benzene rings is 1. The number of hydrogen-bond acceptors (Lipinski definition) is 5. The SMILES string of the molecule is Cc1ccc(C)c2sc(N(CCCN3CCOCC3)C(=O)C3CCC3)nc12. The maximum absolute atomic E-state index is 13.1. The molecule has 6 heteroatoms. The lowest BCUT2D eigenvalue weighted by Gasteiger charge is -2.31. The zero-order chi connectivity index (χ0) is 18.8. The molecule has 1 aromatic heterocycles. The molecular weight excluding hydrogens is 358 g/mol. The monoisotopic (exact) mass is 387 g/mol. The quantitative estimate of drug-likeness (QED) is 0.757. The molecule has 5 nitrogen and oxygen atoms in total. The number of rotatable bonds is 6. The molecule has 146 valence electrons. The minimum Gasteiger partial charge on any atom is -0.379 e. The van der Waals surface area contributed by atoms with Crippen LogP contribution < -0.4 is 4.90 Å². The van der Waals surface area contributed by atoms with E-state index in [2.05, 4.69) is 30.9 Å². The summed E-state index contributed by atoms with van der Waals surface area (Å²) in [7, 11) is 0. The highest BCUT2D eigenvalue weighted by Gasteiger charge is 2.31. The third-order valence-corrected chi connectivity index (χ3v) is 7.06. The highest BCUT2D eigenvalue weighted by atomic mass is 32.1. The van der Waals surface area contributed by atoms with Crippen molar-refractivity contribution >= 4 is 32.6 Å². The zero-order valence-electron chi connectivity index (χ0n) is 16.4. The fourth-order valence-electron chi connectivity index (χ4n) is 3.82. The van der Waals surface area contributed by atoms with E-state index in [-0.39, 0.29) is 11.8 Å². The van der Waals surface area contributed by atoms with Crippen molar-refractivity contribution in [3.8, 4) is 0 Å². The maximum Gasteiger partial charge on any atom is 0.231 e. The third-order valence-electron chi connectivity index (χ3n) is 5.84. The van der Waals surface area contributed by atoms with Crippen molar-refractivity contribution in [2.75, 3.05) is 44.3 Å². The molecule has 1 aliphatic heterocycles. The van der Waals surface area contributed by atoms with Crippen LogP contribution in [0.25, 0.3) is 10.2 Å². The molecule has 2 fully saturated rings. The number of carbonyl (C=O) groups is 1. The number of aromatic nitrogens is 1. The smallest absolute Gasteiger partial charge is 0.231 e. The lowest BCUT2D eigenvalue weighted by molar-refractivity contribution is -0.124. The largest absolute Gasteiger partial charge is 0.379 e. The number of hydrogen-bond donors (Lipinski definition) is 0. The Hall–Kier alpha value is -1.50. The van der Waals surface area contributed by atoms with Crippen LogP contribution in [-0.4, -0.2) is 55.2 Å². The van der Waals surface area contributed by atoms with E-state index in [0.717, 1.165) is 69.3 Å². The minimum atomic E-state index is 0.197. The average Bonchev–Trinajstić information content (AvgIpc) is 3.07. The Morgan fingerprint density at radius 2 is 2.00 bits per heavy atom. The van der Waals surface area contributed by atoms with Crippen LogP contribution in [0.5, 0.6) is 0 Å². The van der Waals surface area contributed by atoms with Crippen molar-refractivity contribution in [1.82, 2.24) is 9.88 Å². The normalized spacial score (nSPS) is 18.6. The number of morpholine rings is 1. The van der Waals surface area contributed by atoms with Gasteiger partial charge in [-0.1, -0.05) is 29.9 Å². The molecule has 27 heavy (non-hydrogen) atoms. The summed E-state index contributed by atoms with van der Waals surface area (Å²) in [5.41, 5.74) is 3.47. The van der Waals surface area contributed by atoms with Gasteiger partial charge in [0.25, 0.3) is 0 Å². The molecule has 2 heterocycles. The van der Waals surface area contributed by atoms with Gasteiger partial charge < -0.3 is 4.74 Å². The van der Waals surface area contributed by atoms with E-state index in [1.165, 1.54) is 22.2 Å². The summed E-state index contributed by atoms with van der Waals surface area (Å²) in [5, 5.41) is 0.876. The second-order valence-corrected chi connectivity index (χ2v) is 8.78. The standard InChI is InChI=1S/C21H29N3O2S/c1-15-7-8-16(2)19-18(15)22-21(27-19)24(20(25)17-5-3-6-17)10-4-9-23-11-13-26-14-12-23/h7-8,17H,3-6,9-14H2,1-2H3. The van der Waals surface area contributed by atoms with Crippen LogP contribution in [0.1, 0.15) is 36.8 Å². The van der Waals surface area contributed by atoms with E-state index < -0.39 is 0 Å². The molecule has 1 aliphatic carbocycles. The number of carbonyl (C=O) groups excluding carboxylic acids is 1. The van der Waals surface area contributed by atoms with E-state index >= 15 is 0 Å². The molecule has 2 aromatic rings. The summed E-state index contributed by atoms with van der Waals surface area (Å²) in [6.45, 7) is 9.63. The Labute approximate surface area is 165 Å². The maximum atomic E-state index is 13.1. The number of fused-ring (bicyclic) bond motifs is 1.